The molecular formula is C18H22FN3O2S. The molecule has 3 rings (SSSR count). The van der Waals surface area contributed by atoms with Crippen LogP contribution in [0.1, 0.15) is 24.0 Å². The Morgan fingerprint density at radius 3 is 2.52 bits per heavy atom. The van der Waals surface area contributed by atoms with E-state index >= 15 is 0 Å². The molecule has 0 radical (unpaired) electrons. The third-order valence-electron chi connectivity index (χ3n) is 4.47. The first-order chi connectivity index (χ1) is 11.9. The van der Waals surface area contributed by atoms with Crippen LogP contribution in [0.2, 0.25) is 0 Å². The fourth-order valence-corrected chi connectivity index (χ4v) is 4.38. The Morgan fingerprint density at radius 1 is 1.20 bits per heavy atom. The van der Waals surface area contributed by atoms with Crippen molar-refractivity contribution < 1.29 is 12.8 Å². The summed E-state index contributed by atoms with van der Waals surface area (Å²) < 4.78 is 40.2. The summed E-state index contributed by atoms with van der Waals surface area (Å²) in [5.74, 6) is 0.410. The Labute approximate surface area is 148 Å². The summed E-state index contributed by atoms with van der Waals surface area (Å²) in [5.41, 5.74) is 1.45. The number of halogens is 1. The van der Waals surface area contributed by atoms with Crippen molar-refractivity contribution in [1.29, 1.82) is 0 Å². The Morgan fingerprint density at radius 2 is 1.92 bits per heavy atom. The Bertz CT molecular complexity index is 847. The molecule has 2 heterocycles. The van der Waals surface area contributed by atoms with E-state index in [9.17, 15) is 12.8 Å². The maximum Gasteiger partial charge on any atom is 0.244 e. The van der Waals surface area contributed by atoms with Gasteiger partial charge in [0.1, 0.15) is 16.5 Å². The average molecular weight is 363 g/mol. The molecule has 1 aliphatic heterocycles. The van der Waals surface area contributed by atoms with E-state index < -0.39 is 10.0 Å². The topological polar surface area (TPSA) is 53.5 Å². The van der Waals surface area contributed by atoms with E-state index in [4.69, 9.17) is 0 Å². The molecule has 1 aromatic heterocycles. The van der Waals surface area contributed by atoms with E-state index in [-0.39, 0.29) is 10.7 Å². The Balaban J connectivity index is 1.74. The highest BCUT2D eigenvalue weighted by molar-refractivity contribution is 7.89. The highest BCUT2D eigenvalue weighted by Gasteiger charge is 2.27. The van der Waals surface area contributed by atoms with Gasteiger partial charge in [-0.2, -0.15) is 4.31 Å². The summed E-state index contributed by atoms with van der Waals surface area (Å²) in [6.07, 6.45) is 3.20. The first-order valence-electron chi connectivity index (χ1n) is 8.30. The van der Waals surface area contributed by atoms with Gasteiger partial charge in [-0.15, -0.1) is 0 Å². The van der Waals surface area contributed by atoms with Crippen LogP contribution in [0.15, 0.2) is 41.4 Å². The normalized spacial score (nSPS) is 15.5. The van der Waals surface area contributed by atoms with Crippen LogP contribution >= 0.6 is 0 Å². The van der Waals surface area contributed by atoms with Gasteiger partial charge in [-0.25, -0.2) is 17.8 Å². The summed E-state index contributed by atoms with van der Waals surface area (Å²) in [5, 5.41) is 0. The van der Waals surface area contributed by atoms with Gasteiger partial charge in [0.15, 0.2) is 0 Å². The maximum absolute atomic E-state index is 13.7. The van der Waals surface area contributed by atoms with Gasteiger partial charge in [0.05, 0.1) is 0 Å². The molecule has 0 saturated carbocycles. The average Bonchev–Trinajstić information content (AvgIpc) is 3.14. The van der Waals surface area contributed by atoms with Gasteiger partial charge in [-0.05, 0) is 49.1 Å². The number of rotatable bonds is 5. The fraction of sp³-hybridized carbons (Fsp3) is 0.389. The summed E-state index contributed by atoms with van der Waals surface area (Å²) in [6.45, 7) is 3.36. The van der Waals surface area contributed by atoms with Crippen molar-refractivity contribution in [2.45, 2.75) is 31.2 Å². The van der Waals surface area contributed by atoms with E-state index in [0.29, 0.717) is 31.0 Å². The number of aryl methyl sites for hydroxylation is 1. The monoisotopic (exact) mass is 363 g/mol. The van der Waals surface area contributed by atoms with Gasteiger partial charge in [0.2, 0.25) is 10.0 Å². The van der Waals surface area contributed by atoms with Crippen molar-refractivity contribution >= 4 is 15.8 Å². The standard InChI is InChI=1S/C18H22FN3O2S/c1-14-5-6-15(11-17(14)19)13-21(2)18-8-7-16(12-20-18)25(23,24)22-9-3-4-10-22/h5-8,11-12H,3-4,9-10,13H2,1-2H3. The van der Waals surface area contributed by atoms with Crippen LogP contribution in [-0.2, 0) is 16.6 Å². The molecular weight excluding hydrogens is 341 g/mol. The van der Waals surface area contributed by atoms with Crippen LogP contribution in [-0.4, -0.2) is 37.8 Å². The van der Waals surface area contributed by atoms with E-state index in [1.165, 1.54) is 16.6 Å². The highest BCUT2D eigenvalue weighted by atomic mass is 32.2. The molecule has 0 bridgehead atoms. The van der Waals surface area contributed by atoms with E-state index in [1.54, 1.807) is 25.1 Å². The minimum Gasteiger partial charge on any atom is -0.355 e. The third-order valence-corrected chi connectivity index (χ3v) is 6.35. The molecule has 0 atom stereocenters. The van der Waals surface area contributed by atoms with Crippen LogP contribution in [0.3, 0.4) is 0 Å². The van der Waals surface area contributed by atoms with Crippen LogP contribution in [0.4, 0.5) is 10.2 Å². The first-order valence-corrected chi connectivity index (χ1v) is 9.74. The van der Waals surface area contributed by atoms with Crippen molar-refractivity contribution in [3.8, 4) is 0 Å². The summed E-state index contributed by atoms with van der Waals surface area (Å²) in [4.78, 5) is 6.35. The van der Waals surface area contributed by atoms with Crippen molar-refractivity contribution in [1.82, 2.24) is 9.29 Å². The predicted octanol–water partition coefficient (Wildman–Crippen LogP) is 2.95. The van der Waals surface area contributed by atoms with Crippen LogP contribution < -0.4 is 4.90 Å². The lowest BCUT2D eigenvalue weighted by atomic mass is 10.1. The van der Waals surface area contributed by atoms with Crippen molar-refractivity contribution in [2.75, 3.05) is 25.0 Å². The zero-order chi connectivity index (χ0) is 18.0. The van der Waals surface area contributed by atoms with Crippen LogP contribution in [0, 0.1) is 12.7 Å². The highest BCUT2D eigenvalue weighted by Crippen LogP contribution is 2.22. The van der Waals surface area contributed by atoms with Crippen molar-refractivity contribution in [3.05, 3.63) is 53.5 Å². The van der Waals surface area contributed by atoms with E-state index in [1.807, 2.05) is 18.0 Å². The van der Waals surface area contributed by atoms with Gasteiger partial charge >= 0.3 is 0 Å². The quantitative estimate of drug-likeness (QED) is 0.820. The van der Waals surface area contributed by atoms with Gasteiger partial charge in [-0.1, -0.05) is 12.1 Å². The number of nitrogens with zero attached hydrogens (tertiary/aromatic N) is 3. The molecule has 1 aromatic carbocycles. The second-order valence-corrected chi connectivity index (χ2v) is 8.34. The van der Waals surface area contributed by atoms with Gasteiger partial charge in [0.25, 0.3) is 0 Å². The number of hydrogen-bond acceptors (Lipinski definition) is 4. The number of pyridine rings is 1. The number of hydrogen-bond donors (Lipinski definition) is 0. The minimum absolute atomic E-state index is 0.216. The van der Waals surface area contributed by atoms with Crippen molar-refractivity contribution in [2.24, 2.45) is 0 Å². The summed E-state index contributed by atoms with van der Waals surface area (Å²) in [7, 11) is -1.61. The lowest BCUT2D eigenvalue weighted by Gasteiger charge is -2.20. The lowest BCUT2D eigenvalue weighted by Crippen LogP contribution is -2.28. The molecule has 1 fully saturated rings. The Hall–Kier alpha value is -1.99. The SMILES string of the molecule is Cc1ccc(CN(C)c2ccc(S(=O)(=O)N3CCCC3)cn2)cc1F. The second-order valence-electron chi connectivity index (χ2n) is 6.40. The summed E-state index contributed by atoms with van der Waals surface area (Å²) >= 11 is 0. The molecule has 2 aromatic rings. The molecule has 0 aliphatic carbocycles. The summed E-state index contributed by atoms with van der Waals surface area (Å²) in [6, 6.07) is 8.41. The van der Waals surface area contributed by atoms with Gasteiger partial charge < -0.3 is 4.90 Å². The molecule has 0 amide bonds. The maximum atomic E-state index is 13.7. The van der Waals surface area contributed by atoms with E-state index in [2.05, 4.69) is 4.98 Å². The van der Waals surface area contributed by atoms with Crippen molar-refractivity contribution in [3.63, 3.8) is 0 Å². The fourth-order valence-electron chi connectivity index (χ4n) is 2.92. The zero-order valence-electron chi connectivity index (χ0n) is 14.4. The van der Waals surface area contributed by atoms with Crippen LogP contribution in [0.25, 0.3) is 0 Å². The molecule has 7 heteroatoms. The molecule has 0 unspecified atom stereocenters. The molecule has 1 saturated heterocycles. The molecule has 134 valence electrons. The Kier molecular flexibility index (Phi) is 5.06. The van der Waals surface area contributed by atoms with Gasteiger partial charge in [0, 0.05) is 32.9 Å². The zero-order valence-corrected chi connectivity index (χ0v) is 15.3. The largest absolute Gasteiger partial charge is 0.355 e. The lowest BCUT2D eigenvalue weighted by molar-refractivity contribution is 0.477. The molecule has 1 aliphatic rings. The minimum atomic E-state index is -3.45. The van der Waals surface area contributed by atoms with Gasteiger partial charge in [-0.3, -0.25) is 0 Å². The predicted molar refractivity (Wildman–Crippen MR) is 95.5 cm³/mol. The molecule has 0 spiro atoms. The number of sulfonamides is 1. The first kappa shape index (κ1) is 17.8. The molecule has 0 N–H and O–H groups in total. The second kappa shape index (κ2) is 7.09. The smallest absolute Gasteiger partial charge is 0.244 e. The van der Waals surface area contributed by atoms with E-state index in [0.717, 1.165) is 18.4 Å². The molecule has 5 nitrogen and oxygen atoms in total. The molecule has 25 heavy (non-hydrogen) atoms. The number of benzene rings is 1. The third kappa shape index (κ3) is 3.82. The number of anilines is 1. The number of aromatic nitrogens is 1. The van der Waals surface area contributed by atoms with Crippen LogP contribution in [0.5, 0.6) is 0 Å².